The van der Waals surface area contributed by atoms with Gasteiger partial charge >= 0.3 is 11.8 Å². The number of carbonyl (C=O) groups excluding carboxylic acids is 2. The fraction of sp³-hybridized carbons (Fsp3) is 0.333. The van der Waals surface area contributed by atoms with Crippen molar-refractivity contribution in [3.8, 4) is 11.5 Å². The van der Waals surface area contributed by atoms with E-state index in [9.17, 15) is 9.59 Å². The lowest BCUT2D eigenvalue weighted by molar-refractivity contribution is -0.136. The van der Waals surface area contributed by atoms with Crippen molar-refractivity contribution < 1.29 is 19.1 Å². The van der Waals surface area contributed by atoms with Gasteiger partial charge in [-0.2, -0.15) is 0 Å². The van der Waals surface area contributed by atoms with Gasteiger partial charge < -0.3 is 25.0 Å². The molecule has 1 atom stereocenters. The Morgan fingerprint density at radius 3 is 2.69 bits per heavy atom. The van der Waals surface area contributed by atoms with E-state index in [0.717, 1.165) is 23.3 Å². The summed E-state index contributed by atoms with van der Waals surface area (Å²) >= 11 is 6.05. The number of carbonyl (C=O) groups is 2. The number of benzene rings is 2. The van der Waals surface area contributed by atoms with Gasteiger partial charge in [0.25, 0.3) is 0 Å². The molecule has 0 saturated heterocycles. The standard InChI is InChI=1S/C21H24ClN3O4/c1-25(2)17(13-4-6-18-14(10-13)8-9-29-18)12-23-20(26)21(27)24-15-5-7-19(28-3)16(22)11-15/h4-7,10-11,17H,8-9,12H2,1-3H3,(H,23,26)(H,24,27)/t17-/m0/s1. The SMILES string of the molecule is COc1ccc(NC(=O)C(=O)NC[C@@H](c2ccc3c(c2)CCO3)N(C)C)cc1Cl. The summed E-state index contributed by atoms with van der Waals surface area (Å²) in [6.07, 6.45) is 0.877. The van der Waals surface area contributed by atoms with E-state index in [1.165, 1.54) is 13.2 Å². The number of nitrogens with zero attached hydrogens (tertiary/aromatic N) is 1. The third kappa shape index (κ3) is 4.99. The van der Waals surface area contributed by atoms with Crippen LogP contribution in [0.4, 0.5) is 5.69 Å². The number of hydrogen-bond acceptors (Lipinski definition) is 5. The lowest BCUT2D eigenvalue weighted by Gasteiger charge is -2.25. The van der Waals surface area contributed by atoms with Crippen LogP contribution < -0.4 is 20.1 Å². The smallest absolute Gasteiger partial charge is 0.313 e. The molecule has 0 spiro atoms. The molecular formula is C21H24ClN3O4. The van der Waals surface area contributed by atoms with Gasteiger partial charge in [0.2, 0.25) is 0 Å². The summed E-state index contributed by atoms with van der Waals surface area (Å²) in [7, 11) is 5.36. The molecule has 0 saturated carbocycles. The Morgan fingerprint density at radius 1 is 1.21 bits per heavy atom. The van der Waals surface area contributed by atoms with E-state index in [4.69, 9.17) is 21.1 Å². The minimum Gasteiger partial charge on any atom is -0.495 e. The van der Waals surface area contributed by atoms with Gasteiger partial charge in [-0.05, 0) is 49.5 Å². The molecule has 2 N–H and O–H groups in total. The molecule has 0 unspecified atom stereocenters. The van der Waals surface area contributed by atoms with Gasteiger partial charge in [0.1, 0.15) is 11.5 Å². The van der Waals surface area contributed by atoms with Crippen molar-refractivity contribution in [3.63, 3.8) is 0 Å². The fourth-order valence-electron chi connectivity index (χ4n) is 3.21. The Bertz CT molecular complexity index is 917. The summed E-state index contributed by atoms with van der Waals surface area (Å²) in [5.74, 6) is -0.0742. The van der Waals surface area contributed by atoms with Crippen LogP contribution in [0, 0.1) is 0 Å². The quantitative estimate of drug-likeness (QED) is 0.706. The van der Waals surface area contributed by atoms with E-state index >= 15 is 0 Å². The highest BCUT2D eigenvalue weighted by Gasteiger charge is 2.21. The molecule has 2 aromatic rings. The van der Waals surface area contributed by atoms with Gasteiger partial charge in [0.15, 0.2) is 0 Å². The second-order valence-corrected chi connectivity index (χ2v) is 7.37. The zero-order chi connectivity index (χ0) is 21.0. The minimum atomic E-state index is -0.758. The Morgan fingerprint density at radius 2 is 2.00 bits per heavy atom. The van der Waals surface area contributed by atoms with Crippen molar-refractivity contribution in [1.29, 1.82) is 0 Å². The summed E-state index contributed by atoms with van der Waals surface area (Å²) in [6.45, 7) is 0.986. The minimum absolute atomic E-state index is 0.0759. The van der Waals surface area contributed by atoms with Crippen molar-refractivity contribution in [2.45, 2.75) is 12.5 Å². The van der Waals surface area contributed by atoms with E-state index < -0.39 is 11.8 Å². The van der Waals surface area contributed by atoms with Crippen molar-refractivity contribution in [2.75, 3.05) is 39.7 Å². The molecule has 2 amide bonds. The molecule has 2 aromatic carbocycles. The fourth-order valence-corrected chi connectivity index (χ4v) is 3.47. The average molecular weight is 418 g/mol. The van der Waals surface area contributed by atoms with E-state index in [-0.39, 0.29) is 6.04 Å². The Kier molecular flexibility index (Phi) is 6.61. The molecule has 1 aliphatic rings. The molecule has 8 heteroatoms. The van der Waals surface area contributed by atoms with Crippen molar-refractivity contribution >= 4 is 29.1 Å². The van der Waals surface area contributed by atoms with Crippen LogP contribution in [0.2, 0.25) is 5.02 Å². The van der Waals surface area contributed by atoms with E-state index in [0.29, 0.717) is 29.6 Å². The van der Waals surface area contributed by atoms with Crippen molar-refractivity contribution in [2.24, 2.45) is 0 Å². The lowest BCUT2D eigenvalue weighted by atomic mass is 10.0. The molecule has 1 aliphatic heterocycles. The first-order valence-corrected chi connectivity index (χ1v) is 9.61. The number of amides is 2. The number of ether oxygens (including phenoxy) is 2. The van der Waals surface area contributed by atoms with Crippen molar-refractivity contribution in [1.82, 2.24) is 10.2 Å². The topological polar surface area (TPSA) is 79.9 Å². The van der Waals surface area contributed by atoms with Crippen LogP contribution in [0.15, 0.2) is 36.4 Å². The third-order valence-corrected chi connectivity index (χ3v) is 5.09. The molecule has 0 bridgehead atoms. The molecule has 0 fully saturated rings. The number of anilines is 1. The number of fused-ring (bicyclic) bond motifs is 1. The number of methoxy groups -OCH3 is 1. The average Bonchev–Trinajstić information content (AvgIpc) is 3.15. The number of nitrogens with one attached hydrogen (secondary N) is 2. The van der Waals surface area contributed by atoms with Crippen LogP contribution in [0.3, 0.4) is 0 Å². The Balaban J connectivity index is 1.61. The molecule has 0 aliphatic carbocycles. The second-order valence-electron chi connectivity index (χ2n) is 6.96. The van der Waals surface area contributed by atoms with Gasteiger partial charge in [-0.1, -0.05) is 23.7 Å². The van der Waals surface area contributed by atoms with Crippen molar-refractivity contribution in [3.05, 3.63) is 52.5 Å². The predicted molar refractivity (Wildman–Crippen MR) is 112 cm³/mol. The van der Waals surface area contributed by atoms with Crippen LogP contribution >= 0.6 is 11.6 Å². The molecule has 154 valence electrons. The highest BCUT2D eigenvalue weighted by Crippen LogP contribution is 2.29. The van der Waals surface area contributed by atoms with Crippen LogP contribution in [-0.4, -0.2) is 51.1 Å². The maximum atomic E-state index is 12.3. The molecule has 7 nitrogen and oxygen atoms in total. The first kappa shape index (κ1) is 21.0. The first-order valence-electron chi connectivity index (χ1n) is 9.24. The molecule has 29 heavy (non-hydrogen) atoms. The Labute approximate surface area is 174 Å². The summed E-state index contributed by atoms with van der Waals surface area (Å²) in [4.78, 5) is 26.5. The van der Waals surface area contributed by atoms with Gasteiger partial charge in [-0.25, -0.2) is 0 Å². The summed E-state index contributed by atoms with van der Waals surface area (Å²) < 4.78 is 10.6. The van der Waals surface area contributed by atoms with Crippen LogP contribution in [0.25, 0.3) is 0 Å². The third-order valence-electron chi connectivity index (χ3n) is 4.79. The normalized spacial score (nSPS) is 13.4. The molecule has 0 aromatic heterocycles. The molecular weight excluding hydrogens is 394 g/mol. The lowest BCUT2D eigenvalue weighted by Crippen LogP contribution is -2.40. The predicted octanol–water partition coefficient (Wildman–Crippen LogP) is 2.64. The van der Waals surface area contributed by atoms with E-state index in [1.807, 2.05) is 31.1 Å². The van der Waals surface area contributed by atoms with Gasteiger partial charge in [0.05, 0.1) is 24.8 Å². The summed E-state index contributed by atoms with van der Waals surface area (Å²) in [5.41, 5.74) is 2.63. The number of hydrogen-bond donors (Lipinski definition) is 2. The highest BCUT2D eigenvalue weighted by atomic mass is 35.5. The highest BCUT2D eigenvalue weighted by molar-refractivity contribution is 6.40. The maximum Gasteiger partial charge on any atom is 0.313 e. The van der Waals surface area contributed by atoms with Gasteiger partial charge in [-0.3, -0.25) is 9.59 Å². The van der Waals surface area contributed by atoms with Gasteiger partial charge in [0, 0.05) is 18.7 Å². The maximum absolute atomic E-state index is 12.3. The van der Waals surface area contributed by atoms with Crippen LogP contribution in [0.5, 0.6) is 11.5 Å². The second kappa shape index (κ2) is 9.15. The largest absolute Gasteiger partial charge is 0.495 e. The number of likely N-dealkylation sites (N-methyl/N-ethyl adjacent to an activating group) is 1. The van der Waals surface area contributed by atoms with Crippen LogP contribution in [0.1, 0.15) is 17.2 Å². The zero-order valence-electron chi connectivity index (χ0n) is 16.6. The van der Waals surface area contributed by atoms with E-state index in [2.05, 4.69) is 16.7 Å². The summed E-state index contributed by atoms with van der Waals surface area (Å²) in [5, 5.41) is 5.59. The first-order chi connectivity index (χ1) is 13.9. The zero-order valence-corrected chi connectivity index (χ0v) is 17.4. The monoisotopic (exact) mass is 417 g/mol. The number of rotatable bonds is 6. The van der Waals surface area contributed by atoms with Crippen LogP contribution in [-0.2, 0) is 16.0 Å². The van der Waals surface area contributed by atoms with E-state index in [1.54, 1.807) is 12.1 Å². The Hall–Kier alpha value is -2.77. The number of halogens is 1. The summed E-state index contributed by atoms with van der Waals surface area (Å²) in [6, 6.07) is 10.7. The molecule has 0 radical (unpaired) electrons. The van der Waals surface area contributed by atoms with Gasteiger partial charge in [-0.15, -0.1) is 0 Å². The molecule has 1 heterocycles. The molecule has 3 rings (SSSR count).